The number of carbonyl (C=O) groups excluding carboxylic acids is 1. The lowest BCUT2D eigenvalue weighted by Gasteiger charge is -2.23. The molecule has 0 N–H and O–H groups in total. The van der Waals surface area contributed by atoms with Gasteiger partial charge in [0.05, 0.1) is 0 Å². The van der Waals surface area contributed by atoms with E-state index in [0.29, 0.717) is 18.2 Å². The molecule has 0 atom stereocenters. The Labute approximate surface area is 77.2 Å². The molecule has 1 fully saturated rings. The standard InChI is InChI=1S/C10H12N2O/c13-9(7-8-3-1-4-8)10-11-5-2-6-12-10/h2,5-6,8H,1,3-4,7H2. The van der Waals surface area contributed by atoms with E-state index < -0.39 is 0 Å². The number of aromatic nitrogens is 2. The summed E-state index contributed by atoms with van der Waals surface area (Å²) in [5.74, 6) is 1.05. The van der Waals surface area contributed by atoms with Gasteiger partial charge < -0.3 is 0 Å². The maximum atomic E-state index is 11.5. The number of hydrogen-bond donors (Lipinski definition) is 0. The van der Waals surface area contributed by atoms with Crippen LogP contribution in [0.3, 0.4) is 0 Å². The van der Waals surface area contributed by atoms with Gasteiger partial charge in [0.1, 0.15) is 0 Å². The zero-order valence-corrected chi connectivity index (χ0v) is 7.44. The summed E-state index contributed by atoms with van der Waals surface area (Å²) >= 11 is 0. The summed E-state index contributed by atoms with van der Waals surface area (Å²) in [4.78, 5) is 19.4. The number of hydrogen-bond acceptors (Lipinski definition) is 3. The molecule has 0 saturated heterocycles. The minimum atomic E-state index is 0.0882. The largest absolute Gasteiger partial charge is 0.291 e. The molecule has 1 saturated carbocycles. The fraction of sp³-hybridized carbons (Fsp3) is 0.500. The summed E-state index contributed by atoms with van der Waals surface area (Å²) in [7, 11) is 0. The molecule has 0 spiro atoms. The van der Waals surface area contributed by atoms with E-state index in [-0.39, 0.29) is 5.78 Å². The Balaban J connectivity index is 1.97. The predicted molar refractivity (Wildman–Crippen MR) is 48.3 cm³/mol. The van der Waals surface area contributed by atoms with Crippen LogP contribution in [0.2, 0.25) is 0 Å². The second kappa shape index (κ2) is 3.64. The van der Waals surface area contributed by atoms with Gasteiger partial charge in [0.2, 0.25) is 0 Å². The highest BCUT2D eigenvalue weighted by Crippen LogP contribution is 2.29. The molecule has 3 nitrogen and oxygen atoms in total. The van der Waals surface area contributed by atoms with Gasteiger partial charge in [0.15, 0.2) is 11.6 Å². The van der Waals surface area contributed by atoms with Gasteiger partial charge in [0.25, 0.3) is 0 Å². The van der Waals surface area contributed by atoms with E-state index in [4.69, 9.17) is 0 Å². The third-order valence-electron chi connectivity index (χ3n) is 2.51. The van der Waals surface area contributed by atoms with Crippen LogP contribution in [-0.4, -0.2) is 15.8 Å². The first-order valence-corrected chi connectivity index (χ1v) is 4.66. The van der Waals surface area contributed by atoms with Gasteiger partial charge in [0, 0.05) is 18.8 Å². The fourth-order valence-corrected chi connectivity index (χ4v) is 1.49. The molecular weight excluding hydrogens is 164 g/mol. The van der Waals surface area contributed by atoms with Crippen molar-refractivity contribution in [3.8, 4) is 0 Å². The molecule has 1 heterocycles. The van der Waals surface area contributed by atoms with E-state index in [1.807, 2.05) is 0 Å². The zero-order chi connectivity index (χ0) is 9.10. The lowest BCUT2D eigenvalue weighted by atomic mass is 9.82. The van der Waals surface area contributed by atoms with Crippen molar-refractivity contribution >= 4 is 5.78 Å². The highest BCUT2D eigenvalue weighted by molar-refractivity contribution is 5.92. The third-order valence-corrected chi connectivity index (χ3v) is 2.51. The SMILES string of the molecule is O=C(CC1CCC1)c1ncccn1. The molecule has 0 radical (unpaired) electrons. The Hall–Kier alpha value is -1.25. The Morgan fingerprint density at radius 3 is 2.62 bits per heavy atom. The van der Waals surface area contributed by atoms with Crippen LogP contribution < -0.4 is 0 Å². The predicted octanol–water partition coefficient (Wildman–Crippen LogP) is 1.85. The second-order valence-corrected chi connectivity index (χ2v) is 3.50. The first-order chi connectivity index (χ1) is 6.36. The lowest BCUT2D eigenvalue weighted by molar-refractivity contribution is 0.0926. The van der Waals surface area contributed by atoms with Crippen molar-refractivity contribution in [2.24, 2.45) is 5.92 Å². The average molecular weight is 176 g/mol. The topological polar surface area (TPSA) is 42.9 Å². The van der Waals surface area contributed by atoms with Crippen molar-refractivity contribution in [3.05, 3.63) is 24.3 Å². The molecule has 1 aromatic rings. The average Bonchev–Trinajstić information content (AvgIpc) is 2.12. The molecule has 68 valence electrons. The number of nitrogens with zero attached hydrogens (tertiary/aromatic N) is 2. The fourth-order valence-electron chi connectivity index (χ4n) is 1.49. The molecular formula is C10H12N2O. The summed E-state index contributed by atoms with van der Waals surface area (Å²) in [5.41, 5.74) is 0. The number of ketones is 1. The van der Waals surface area contributed by atoms with Crippen LogP contribution in [0.5, 0.6) is 0 Å². The molecule has 0 amide bonds. The van der Waals surface area contributed by atoms with Gasteiger partial charge in [-0.25, -0.2) is 9.97 Å². The van der Waals surface area contributed by atoms with Crippen LogP contribution >= 0.6 is 0 Å². The molecule has 1 aromatic heterocycles. The van der Waals surface area contributed by atoms with Gasteiger partial charge in [-0.05, 0) is 24.8 Å². The van der Waals surface area contributed by atoms with Crippen molar-refractivity contribution < 1.29 is 4.79 Å². The van der Waals surface area contributed by atoms with Crippen molar-refractivity contribution in [1.82, 2.24) is 9.97 Å². The molecule has 2 rings (SSSR count). The molecule has 0 bridgehead atoms. The van der Waals surface area contributed by atoms with E-state index in [2.05, 4.69) is 9.97 Å². The van der Waals surface area contributed by atoms with Crippen molar-refractivity contribution in [2.75, 3.05) is 0 Å². The molecule has 1 aliphatic rings. The summed E-state index contributed by atoms with van der Waals surface area (Å²) in [6.45, 7) is 0. The van der Waals surface area contributed by atoms with Crippen LogP contribution in [0.15, 0.2) is 18.5 Å². The van der Waals surface area contributed by atoms with Gasteiger partial charge in [-0.2, -0.15) is 0 Å². The van der Waals surface area contributed by atoms with E-state index in [0.717, 1.165) is 0 Å². The van der Waals surface area contributed by atoms with E-state index in [1.54, 1.807) is 18.5 Å². The maximum Gasteiger partial charge on any atom is 0.200 e. The van der Waals surface area contributed by atoms with Crippen LogP contribution in [0.1, 0.15) is 36.3 Å². The number of carbonyl (C=O) groups is 1. The van der Waals surface area contributed by atoms with Crippen LogP contribution in [0.25, 0.3) is 0 Å². The van der Waals surface area contributed by atoms with Gasteiger partial charge in [-0.1, -0.05) is 6.42 Å². The second-order valence-electron chi connectivity index (χ2n) is 3.50. The minimum Gasteiger partial charge on any atom is -0.291 e. The number of rotatable bonds is 3. The Morgan fingerprint density at radius 1 is 1.38 bits per heavy atom. The van der Waals surface area contributed by atoms with Crippen molar-refractivity contribution in [2.45, 2.75) is 25.7 Å². The smallest absolute Gasteiger partial charge is 0.200 e. The van der Waals surface area contributed by atoms with Crippen molar-refractivity contribution in [3.63, 3.8) is 0 Å². The van der Waals surface area contributed by atoms with Gasteiger partial charge >= 0.3 is 0 Å². The molecule has 1 aliphatic carbocycles. The molecule has 0 aliphatic heterocycles. The molecule has 13 heavy (non-hydrogen) atoms. The summed E-state index contributed by atoms with van der Waals surface area (Å²) in [5, 5.41) is 0. The van der Waals surface area contributed by atoms with E-state index >= 15 is 0 Å². The van der Waals surface area contributed by atoms with E-state index in [1.165, 1.54) is 19.3 Å². The monoisotopic (exact) mass is 176 g/mol. The first kappa shape index (κ1) is 8.35. The van der Waals surface area contributed by atoms with Crippen LogP contribution in [0, 0.1) is 5.92 Å². The van der Waals surface area contributed by atoms with Crippen molar-refractivity contribution in [1.29, 1.82) is 0 Å². The van der Waals surface area contributed by atoms with Crippen LogP contribution in [0.4, 0.5) is 0 Å². The summed E-state index contributed by atoms with van der Waals surface area (Å²) in [6.07, 6.45) is 7.51. The summed E-state index contributed by atoms with van der Waals surface area (Å²) < 4.78 is 0. The van der Waals surface area contributed by atoms with Gasteiger partial charge in [-0.3, -0.25) is 4.79 Å². The van der Waals surface area contributed by atoms with Gasteiger partial charge in [-0.15, -0.1) is 0 Å². The normalized spacial score (nSPS) is 16.6. The maximum absolute atomic E-state index is 11.5. The highest BCUT2D eigenvalue weighted by atomic mass is 16.1. The number of Topliss-reactive ketones (excluding diaryl/α,β-unsaturated/α-hetero) is 1. The molecule has 0 aromatic carbocycles. The summed E-state index contributed by atoms with van der Waals surface area (Å²) in [6, 6.07) is 1.72. The molecule has 3 heteroatoms. The Morgan fingerprint density at radius 2 is 2.08 bits per heavy atom. The zero-order valence-electron chi connectivity index (χ0n) is 7.44. The van der Waals surface area contributed by atoms with E-state index in [9.17, 15) is 4.79 Å². The van der Waals surface area contributed by atoms with Crippen LogP contribution in [-0.2, 0) is 0 Å². The first-order valence-electron chi connectivity index (χ1n) is 4.66. The quantitative estimate of drug-likeness (QED) is 0.660. The highest BCUT2D eigenvalue weighted by Gasteiger charge is 2.22. The Kier molecular flexibility index (Phi) is 2.34. The lowest BCUT2D eigenvalue weighted by Crippen LogP contribution is -2.17. The minimum absolute atomic E-state index is 0.0882. The molecule has 0 unspecified atom stereocenters. The Bertz CT molecular complexity index is 293. The third kappa shape index (κ3) is 1.91.